The van der Waals surface area contributed by atoms with Crippen molar-refractivity contribution in [2.45, 2.75) is 6.42 Å². The third-order valence-corrected chi connectivity index (χ3v) is 2.17. The van der Waals surface area contributed by atoms with Crippen molar-refractivity contribution < 1.29 is 9.32 Å². The van der Waals surface area contributed by atoms with E-state index in [0.29, 0.717) is 24.4 Å². The maximum Gasteiger partial charge on any atom is 0.256 e. The molecular weight excluding hydrogens is 210 g/mol. The number of amides is 1. The number of aromatic amines is 1. The molecule has 2 aromatic heterocycles. The predicted molar refractivity (Wildman–Crippen MR) is 53.6 cm³/mol. The van der Waals surface area contributed by atoms with Gasteiger partial charge in [-0.05, 0) is 0 Å². The van der Waals surface area contributed by atoms with Crippen molar-refractivity contribution in [2.75, 3.05) is 13.6 Å². The van der Waals surface area contributed by atoms with Crippen LogP contribution in [0.25, 0.3) is 0 Å². The van der Waals surface area contributed by atoms with Crippen LogP contribution in [0.5, 0.6) is 0 Å². The number of carbonyl (C=O) groups is 1. The Labute approximate surface area is 91.5 Å². The number of carbonyl (C=O) groups excluding carboxylic acids is 1. The second-order valence-electron chi connectivity index (χ2n) is 3.31. The van der Waals surface area contributed by atoms with Crippen molar-refractivity contribution in [1.82, 2.24) is 25.2 Å². The lowest BCUT2D eigenvalue weighted by Crippen LogP contribution is -2.28. The van der Waals surface area contributed by atoms with E-state index in [0.717, 1.165) is 0 Å². The summed E-state index contributed by atoms with van der Waals surface area (Å²) in [5, 5.41) is 9.99. The summed E-state index contributed by atoms with van der Waals surface area (Å²) in [4.78, 5) is 17.2. The lowest BCUT2D eigenvalue weighted by Gasteiger charge is -2.14. The molecule has 0 saturated carbocycles. The van der Waals surface area contributed by atoms with Crippen LogP contribution in [0.15, 0.2) is 23.3 Å². The van der Waals surface area contributed by atoms with Gasteiger partial charge in [0.25, 0.3) is 5.91 Å². The van der Waals surface area contributed by atoms with Gasteiger partial charge in [-0.15, -0.1) is 0 Å². The van der Waals surface area contributed by atoms with Gasteiger partial charge in [0.1, 0.15) is 0 Å². The third-order valence-electron chi connectivity index (χ3n) is 2.17. The van der Waals surface area contributed by atoms with Gasteiger partial charge in [0.15, 0.2) is 5.82 Å². The highest BCUT2D eigenvalue weighted by Gasteiger charge is 2.12. The summed E-state index contributed by atoms with van der Waals surface area (Å²) in [5.74, 6) is 0.504. The highest BCUT2D eigenvalue weighted by Crippen LogP contribution is 2.01. The maximum absolute atomic E-state index is 11.8. The van der Waals surface area contributed by atoms with E-state index < -0.39 is 0 Å². The fourth-order valence-corrected chi connectivity index (χ4v) is 1.26. The molecule has 2 rings (SSSR count). The number of rotatable bonds is 4. The number of aromatic nitrogens is 4. The van der Waals surface area contributed by atoms with Gasteiger partial charge in [-0.2, -0.15) is 10.1 Å². The Morgan fingerprint density at radius 1 is 1.62 bits per heavy atom. The Balaban J connectivity index is 1.89. The number of H-pyrrole nitrogens is 1. The smallest absolute Gasteiger partial charge is 0.256 e. The number of likely N-dealkylation sites (N-methyl/N-ethyl adjacent to an activating group) is 1. The van der Waals surface area contributed by atoms with E-state index in [2.05, 4.69) is 24.9 Å². The molecule has 0 aromatic carbocycles. The average molecular weight is 221 g/mol. The minimum absolute atomic E-state index is 0.0859. The molecular formula is C9H11N5O2. The van der Waals surface area contributed by atoms with Crippen LogP contribution in [0.1, 0.15) is 16.2 Å². The van der Waals surface area contributed by atoms with Gasteiger partial charge in [-0.3, -0.25) is 9.89 Å². The van der Waals surface area contributed by atoms with E-state index in [9.17, 15) is 4.79 Å². The fraction of sp³-hybridized carbons (Fsp3) is 0.333. The molecule has 0 radical (unpaired) electrons. The molecule has 0 unspecified atom stereocenters. The Morgan fingerprint density at radius 3 is 3.12 bits per heavy atom. The van der Waals surface area contributed by atoms with Gasteiger partial charge in [-0.25, -0.2) is 0 Å². The first kappa shape index (κ1) is 10.3. The lowest BCUT2D eigenvalue weighted by molar-refractivity contribution is 0.0796. The van der Waals surface area contributed by atoms with Crippen LogP contribution in [0.3, 0.4) is 0 Å². The van der Waals surface area contributed by atoms with E-state index in [4.69, 9.17) is 0 Å². The lowest BCUT2D eigenvalue weighted by atomic mass is 10.3. The number of hydrogen-bond acceptors (Lipinski definition) is 5. The average Bonchev–Trinajstić information content (AvgIpc) is 2.96. The molecule has 0 aliphatic rings. The van der Waals surface area contributed by atoms with Gasteiger partial charge in [-0.1, -0.05) is 5.16 Å². The van der Waals surface area contributed by atoms with Crippen molar-refractivity contribution in [2.24, 2.45) is 0 Å². The molecule has 0 atom stereocenters. The van der Waals surface area contributed by atoms with E-state index in [1.807, 2.05) is 0 Å². The van der Waals surface area contributed by atoms with Crippen LogP contribution < -0.4 is 0 Å². The van der Waals surface area contributed by atoms with E-state index in [1.54, 1.807) is 18.1 Å². The Bertz CT molecular complexity index is 436. The SMILES string of the molecule is CN(CCc1ncon1)C(=O)c1cn[nH]c1. The Morgan fingerprint density at radius 2 is 2.50 bits per heavy atom. The zero-order valence-corrected chi connectivity index (χ0v) is 8.75. The van der Waals surface area contributed by atoms with Crippen LogP contribution in [-0.4, -0.2) is 44.7 Å². The maximum atomic E-state index is 11.8. The van der Waals surface area contributed by atoms with Crippen molar-refractivity contribution in [3.8, 4) is 0 Å². The van der Waals surface area contributed by atoms with Crippen LogP contribution in [0.4, 0.5) is 0 Å². The first-order valence-corrected chi connectivity index (χ1v) is 4.77. The molecule has 0 spiro atoms. The molecule has 0 fully saturated rings. The molecule has 7 heteroatoms. The molecule has 0 saturated heterocycles. The summed E-state index contributed by atoms with van der Waals surface area (Å²) in [6, 6.07) is 0. The summed E-state index contributed by atoms with van der Waals surface area (Å²) in [6.45, 7) is 0.531. The Hall–Kier alpha value is -2.18. The monoisotopic (exact) mass is 221 g/mol. The van der Waals surface area contributed by atoms with Crippen LogP contribution in [0, 0.1) is 0 Å². The zero-order valence-electron chi connectivity index (χ0n) is 8.75. The van der Waals surface area contributed by atoms with Gasteiger partial charge in [0, 0.05) is 26.2 Å². The van der Waals surface area contributed by atoms with Crippen molar-refractivity contribution in [3.63, 3.8) is 0 Å². The van der Waals surface area contributed by atoms with Crippen molar-refractivity contribution in [1.29, 1.82) is 0 Å². The van der Waals surface area contributed by atoms with Crippen molar-refractivity contribution in [3.05, 3.63) is 30.2 Å². The van der Waals surface area contributed by atoms with E-state index >= 15 is 0 Å². The molecule has 0 aliphatic heterocycles. The molecule has 84 valence electrons. The topological polar surface area (TPSA) is 87.9 Å². The number of nitrogens with one attached hydrogen (secondary N) is 1. The van der Waals surface area contributed by atoms with Crippen LogP contribution in [-0.2, 0) is 6.42 Å². The second-order valence-corrected chi connectivity index (χ2v) is 3.31. The minimum Gasteiger partial charge on any atom is -0.343 e. The van der Waals surface area contributed by atoms with Gasteiger partial charge in [0.05, 0.1) is 11.8 Å². The molecule has 0 bridgehead atoms. The van der Waals surface area contributed by atoms with Gasteiger partial charge in [0.2, 0.25) is 6.39 Å². The van der Waals surface area contributed by atoms with Gasteiger partial charge < -0.3 is 9.42 Å². The predicted octanol–water partition coefficient (Wildman–Crippen LogP) is 0.107. The molecule has 2 aromatic rings. The molecule has 2 heterocycles. The summed E-state index contributed by atoms with van der Waals surface area (Å²) in [7, 11) is 1.72. The van der Waals surface area contributed by atoms with Crippen molar-refractivity contribution >= 4 is 5.91 Å². The van der Waals surface area contributed by atoms with Crippen LogP contribution in [0.2, 0.25) is 0 Å². The first-order valence-electron chi connectivity index (χ1n) is 4.77. The molecule has 7 nitrogen and oxygen atoms in total. The zero-order chi connectivity index (χ0) is 11.4. The number of hydrogen-bond donors (Lipinski definition) is 1. The summed E-state index contributed by atoms with van der Waals surface area (Å²) in [6.07, 6.45) is 4.89. The largest absolute Gasteiger partial charge is 0.343 e. The highest BCUT2D eigenvalue weighted by molar-refractivity contribution is 5.93. The quantitative estimate of drug-likeness (QED) is 0.791. The molecule has 1 amide bonds. The summed E-state index contributed by atoms with van der Waals surface area (Å²) >= 11 is 0. The highest BCUT2D eigenvalue weighted by atomic mass is 16.5. The number of nitrogens with zero attached hydrogens (tertiary/aromatic N) is 4. The molecule has 1 N–H and O–H groups in total. The third kappa shape index (κ3) is 2.25. The molecule has 16 heavy (non-hydrogen) atoms. The Kier molecular flexibility index (Phi) is 2.95. The second kappa shape index (κ2) is 4.56. The summed E-state index contributed by atoms with van der Waals surface area (Å²) < 4.78 is 4.60. The van der Waals surface area contributed by atoms with Crippen LogP contribution >= 0.6 is 0 Å². The normalized spacial score (nSPS) is 10.3. The van der Waals surface area contributed by atoms with E-state index in [1.165, 1.54) is 12.6 Å². The van der Waals surface area contributed by atoms with Gasteiger partial charge >= 0.3 is 0 Å². The standard InChI is InChI=1S/C9H11N5O2/c1-14(3-2-8-10-6-16-13-8)9(15)7-4-11-12-5-7/h4-6H,2-3H2,1H3,(H,11,12). The first-order chi connectivity index (χ1) is 7.77. The fourth-order valence-electron chi connectivity index (χ4n) is 1.26. The minimum atomic E-state index is -0.0859. The summed E-state index contributed by atoms with van der Waals surface area (Å²) in [5.41, 5.74) is 0.538. The molecule has 0 aliphatic carbocycles. The van der Waals surface area contributed by atoms with E-state index in [-0.39, 0.29) is 5.91 Å².